The molecule has 2 heterocycles. The molecule has 174 valence electrons. The zero-order valence-corrected chi connectivity index (χ0v) is 20.0. The topological polar surface area (TPSA) is 81.2 Å². The van der Waals surface area contributed by atoms with Gasteiger partial charge in [-0.2, -0.15) is 5.10 Å². The van der Waals surface area contributed by atoms with Crippen molar-refractivity contribution in [2.45, 2.75) is 51.6 Å². The Morgan fingerprint density at radius 2 is 1.79 bits per heavy atom. The molecule has 7 heteroatoms. The van der Waals surface area contributed by atoms with E-state index in [0.29, 0.717) is 36.3 Å². The van der Waals surface area contributed by atoms with Gasteiger partial charge in [0.1, 0.15) is 0 Å². The highest BCUT2D eigenvalue weighted by Gasteiger charge is 2.28. The molecule has 1 fully saturated rings. The Balaban J connectivity index is 1.65. The zero-order valence-electron chi connectivity index (χ0n) is 19.2. The van der Waals surface area contributed by atoms with Crippen LogP contribution in [0.2, 0.25) is 5.02 Å². The van der Waals surface area contributed by atoms with E-state index in [2.05, 4.69) is 0 Å². The maximum Gasteiger partial charge on any atom is 0.274 e. The van der Waals surface area contributed by atoms with Gasteiger partial charge in [-0.05, 0) is 48.9 Å². The molecule has 0 radical (unpaired) electrons. The van der Waals surface area contributed by atoms with Crippen LogP contribution in [0, 0.1) is 5.92 Å². The largest absolute Gasteiger partial charge is 0.341 e. The second-order valence-electron chi connectivity index (χ2n) is 9.23. The fourth-order valence-corrected chi connectivity index (χ4v) is 4.61. The minimum Gasteiger partial charge on any atom is -0.341 e. The van der Waals surface area contributed by atoms with Crippen molar-refractivity contribution in [1.29, 1.82) is 0 Å². The van der Waals surface area contributed by atoms with Crippen LogP contribution in [0.4, 0.5) is 0 Å². The minimum absolute atomic E-state index is 0.00658. The molecular formula is C26H31ClN4O2. The lowest BCUT2D eigenvalue weighted by Crippen LogP contribution is -2.46. The first kappa shape index (κ1) is 23.5. The van der Waals surface area contributed by atoms with Crippen molar-refractivity contribution >= 4 is 28.3 Å². The quantitative estimate of drug-likeness (QED) is 0.611. The number of benzene rings is 2. The number of aromatic nitrogens is 2. The minimum atomic E-state index is -0.492. The standard InChI is InChI=1S/C26H31ClN4O2/c1-17(2)24(28)26(33)30-14-5-6-20(13-15-30)31-25(32)22-8-4-3-7-21(22)23(29-31)16-18-9-11-19(27)12-10-18/h3-4,7-12,17,20,24H,5-6,13-16,28H2,1-2H3. The summed E-state index contributed by atoms with van der Waals surface area (Å²) in [5.41, 5.74) is 7.99. The SMILES string of the molecule is CC(C)C(N)C(=O)N1CCCC(n2nc(Cc3ccc(Cl)cc3)c3ccccc3c2=O)CC1. The van der Waals surface area contributed by atoms with Crippen molar-refractivity contribution in [1.82, 2.24) is 14.7 Å². The second kappa shape index (κ2) is 10.1. The molecule has 33 heavy (non-hydrogen) atoms. The van der Waals surface area contributed by atoms with E-state index in [9.17, 15) is 9.59 Å². The van der Waals surface area contributed by atoms with Gasteiger partial charge in [-0.25, -0.2) is 4.68 Å². The van der Waals surface area contributed by atoms with Crippen molar-refractivity contribution < 1.29 is 4.79 Å². The molecule has 2 N–H and O–H groups in total. The van der Waals surface area contributed by atoms with Crippen LogP contribution in [0.3, 0.4) is 0 Å². The Morgan fingerprint density at radius 3 is 2.48 bits per heavy atom. The van der Waals surface area contributed by atoms with Crippen LogP contribution in [-0.4, -0.2) is 39.7 Å². The van der Waals surface area contributed by atoms with E-state index in [1.807, 2.05) is 67.3 Å². The van der Waals surface area contributed by atoms with Gasteiger partial charge >= 0.3 is 0 Å². The van der Waals surface area contributed by atoms with Crippen LogP contribution in [0.15, 0.2) is 53.3 Å². The van der Waals surface area contributed by atoms with Gasteiger partial charge in [0.25, 0.3) is 5.56 Å². The molecule has 6 nitrogen and oxygen atoms in total. The predicted molar refractivity (Wildman–Crippen MR) is 133 cm³/mol. The summed E-state index contributed by atoms with van der Waals surface area (Å²) >= 11 is 6.05. The van der Waals surface area contributed by atoms with E-state index in [4.69, 9.17) is 22.4 Å². The van der Waals surface area contributed by atoms with Crippen molar-refractivity contribution in [3.8, 4) is 0 Å². The zero-order chi connectivity index (χ0) is 23.5. The van der Waals surface area contributed by atoms with Crippen LogP contribution in [-0.2, 0) is 11.2 Å². The summed E-state index contributed by atoms with van der Waals surface area (Å²) in [4.78, 5) is 28.0. The Kier molecular flexibility index (Phi) is 7.15. The van der Waals surface area contributed by atoms with Crippen molar-refractivity contribution in [2.24, 2.45) is 11.7 Å². The third-order valence-corrected chi connectivity index (χ3v) is 6.80. The van der Waals surface area contributed by atoms with Crippen molar-refractivity contribution in [3.05, 3.63) is 75.2 Å². The van der Waals surface area contributed by atoms with Gasteiger partial charge in [0.2, 0.25) is 5.91 Å². The Hall–Kier alpha value is -2.70. The summed E-state index contributed by atoms with van der Waals surface area (Å²) in [5, 5.41) is 7.10. The molecule has 1 aliphatic heterocycles. The lowest BCUT2D eigenvalue weighted by Gasteiger charge is -2.26. The first-order valence-electron chi connectivity index (χ1n) is 11.6. The summed E-state index contributed by atoms with van der Waals surface area (Å²) in [6, 6.07) is 14.8. The molecule has 3 aromatic rings. The monoisotopic (exact) mass is 466 g/mol. The molecule has 1 aromatic heterocycles. The number of nitrogens with two attached hydrogens (primary N) is 1. The van der Waals surface area contributed by atoms with E-state index < -0.39 is 6.04 Å². The predicted octanol–water partition coefficient (Wildman–Crippen LogP) is 4.18. The average Bonchev–Trinajstić information content (AvgIpc) is 3.07. The van der Waals surface area contributed by atoms with Gasteiger partial charge in [-0.15, -0.1) is 0 Å². The highest BCUT2D eigenvalue weighted by atomic mass is 35.5. The number of carbonyl (C=O) groups excluding carboxylic acids is 1. The van der Waals surface area contributed by atoms with Gasteiger partial charge in [0.05, 0.1) is 23.2 Å². The van der Waals surface area contributed by atoms with Crippen molar-refractivity contribution in [3.63, 3.8) is 0 Å². The van der Waals surface area contributed by atoms with Crippen molar-refractivity contribution in [2.75, 3.05) is 13.1 Å². The van der Waals surface area contributed by atoms with Gasteiger partial charge < -0.3 is 10.6 Å². The van der Waals surface area contributed by atoms with E-state index in [0.717, 1.165) is 29.5 Å². The first-order chi connectivity index (χ1) is 15.8. The molecule has 1 amide bonds. The molecule has 1 aliphatic rings. The second-order valence-corrected chi connectivity index (χ2v) is 9.66. The number of likely N-dealkylation sites (tertiary alicyclic amines) is 1. The smallest absolute Gasteiger partial charge is 0.274 e. The van der Waals surface area contributed by atoms with Crippen LogP contribution >= 0.6 is 11.6 Å². The van der Waals surface area contributed by atoms with E-state index in [1.165, 1.54) is 0 Å². The number of rotatable bonds is 5. The molecule has 0 bridgehead atoms. The van der Waals surface area contributed by atoms with E-state index in [1.54, 1.807) is 4.68 Å². The van der Waals surface area contributed by atoms with E-state index in [-0.39, 0.29) is 23.4 Å². The summed E-state index contributed by atoms with van der Waals surface area (Å²) in [6.45, 7) is 5.17. The summed E-state index contributed by atoms with van der Waals surface area (Å²) in [7, 11) is 0. The normalized spacial score (nSPS) is 17.8. The Morgan fingerprint density at radius 1 is 1.09 bits per heavy atom. The fourth-order valence-electron chi connectivity index (χ4n) is 4.49. The van der Waals surface area contributed by atoms with E-state index >= 15 is 0 Å². The lowest BCUT2D eigenvalue weighted by atomic mass is 10.0. The van der Waals surface area contributed by atoms with Gasteiger partial charge in [0, 0.05) is 29.9 Å². The third-order valence-electron chi connectivity index (χ3n) is 6.55. The van der Waals surface area contributed by atoms with Gasteiger partial charge in [-0.3, -0.25) is 9.59 Å². The van der Waals surface area contributed by atoms with Crippen LogP contribution < -0.4 is 11.3 Å². The highest BCUT2D eigenvalue weighted by molar-refractivity contribution is 6.30. The van der Waals surface area contributed by atoms with Gasteiger partial charge in [0.15, 0.2) is 0 Å². The average molecular weight is 467 g/mol. The number of carbonyl (C=O) groups is 1. The molecule has 2 atom stereocenters. The Labute approximate surface area is 199 Å². The number of hydrogen-bond donors (Lipinski definition) is 1. The molecule has 0 spiro atoms. The highest BCUT2D eigenvalue weighted by Crippen LogP contribution is 2.24. The molecule has 1 saturated heterocycles. The van der Waals surface area contributed by atoms with Crippen LogP contribution in [0.1, 0.15) is 50.4 Å². The fraction of sp³-hybridized carbons (Fsp3) is 0.423. The van der Waals surface area contributed by atoms with Gasteiger partial charge in [-0.1, -0.05) is 55.8 Å². The summed E-state index contributed by atoms with van der Waals surface area (Å²) in [6.07, 6.45) is 2.90. The number of nitrogens with zero attached hydrogens (tertiary/aromatic N) is 3. The van der Waals surface area contributed by atoms with Crippen LogP contribution in [0.25, 0.3) is 10.8 Å². The lowest BCUT2D eigenvalue weighted by molar-refractivity contribution is -0.133. The third kappa shape index (κ3) is 5.12. The number of fused-ring (bicyclic) bond motifs is 1. The van der Waals surface area contributed by atoms with Crippen LogP contribution in [0.5, 0.6) is 0 Å². The summed E-state index contributed by atoms with van der Waals surface area (Å²) < 4.78 is 1.66. The number of halogens is 1. The summed E-state index contributed by atoms with van der Waals surface area (Å²) in [5.74, 6) is 0.0876. The molecule has 0 aliphatic carbocycles. The number of hydrogen-bond acceptors (Lipinski definition) is 4. The molecular weight excluding hydrogens is 436 g/mol. The first-order valence-corrected chi connectivity index (χ1v) is 12.0. The maximum absolute atomic E-state index is 13.4. The maximum atomic E-state index is 13.4. The number of amides is 1. The Bertz CT molecular complexity index is 1190. The molecule has 0 saturated carbocycles. The molecule has 4 rings (SSSR count). The molecule has 2 unspecified atom stereocenters. The molecule has 2 aromatic carbocycles.